The van der Waals surface area contributed by atoms with Gasteiger partial charge in [0.2, 0.25) is 0 Å². The minimum absolute atomic E-state index is 0. The van der Waals surface area contributed by atoms with Crippen molar-refractivity contribution in [3.8, 4) is 5.75 Å². The molecule has 6 heteroatoms. The molecule has 0 amide bonds. The predicted octanol–water partition coefficient (Wildman–Crippen LogP) is 3.29. The van der Waals surface area contributed by atoms with E-state index in [0.717, 1.165) is 13.0 Å². The van der Waals surface area contributed by atoms with Crippen LogP contribution in [0.4, 0.5) is 0 Å². The summed E-state index contributed by atoms with van der Waals surface area (Å²) in [6.45, 7) is 6.17. The third-order valence-electron chi connectivity index (χ3n) is 2.49. The van der Waals surface area contributed by atoms with E-state index in [4.69, 9.17) is 22.1 Å². The van der Waals surface area contributed by atoms with Crippen LogP contribution in [0.15, 0.2) is 29.3 Å². The standard InChI is InChI=1S/C14H22ClN3O.HI/c1-11(2)7-8-17-14(16)18-9-10-19-13-6-4-3-5-12(13)15;/h3-6,11H,7-10H2,1-2H3,(H3,16,17,18);1H. The van der Waals surface area contributed by atoms with Crippen molar-refractivity contribution in [2.45, 2.75) is 20.3 Å². The lowest BCUT2D eigenvalue weighted by atomic mass is 10.1. The zero-order valence-corrected chi connectivity index (χ0v) is 15.0. The van der Waals surface area contributed by atoms with E-state index in [1.807, 2.05) is 18.2 Å². The van der Waals surface area contributed by atoms with Gasteiger partial charge in [0.15, 0.2) is 5.96 Å². The van der Waals surface area contributed by atoms with Gasteiger partial charge >= 0.3 is 0 Å². The molecule has 1 rings (SSSR count). The van der Waals surface area contributed by atoms with Crippen LogP contribution in [-0.2, 0) is 0 Å². The molecule has 0 bridgehead atoms. The summed E-state index contributed by atoms with van der Waals surface area (Å²) in [5, 5.41) is 3.62. The maximum atomic E-state index is 5.97. The summed E-state index contributed by atoms with van der Waals surface area (Å²) in [5.74, 6) is 1.78. The third kappa shape index (κ3) is 8.47. The Morgan fingerprint density at radius 2 is 2.10 bits per heavy atom. The van der Waals surface area contributed by atoms with Crippen molar-refractivity contribution in [1.82, 2.24) is 5.32 Å². The average Bonchev–Trinajstić information content (AvgIpc) is 2.36. The molecule has 4 nitrogen and oxygen atoms in total. The largest absolute Gasteiger partial charge is 0.490 e. The molecule has 3 N–H and O–H groups in total. The van der Waals surface area contributed by atoms with E-state index in [0.29, 0.717) is 35.8 Å². The fourth-order valence-corrected chi connectivity index (χ4v) is 1.59. The predicted molar refractivity (Wildman–Crippen MR) is 96.3 cm³/mol. The van der Waals surface area contributed by atoms with Crippen LogP contribution in [0.5, 0.6) is 5.75 Å². The molecule has 0 heterocycles. The van der Waals surface area contributed by atoms with Crippen molar-refractivity contribution in [2.75, 3.05) is 19.7 Å². The Morgan fingerprint density at radius 3 is 2.75 bits per heavy atom. The number of hydrogen-bond donors (Lipinski definition) is 2. The van der Waals surface area contributed by atoms with Gasteiger partial charge in [-0.15, -0.1) is 24.0 Å². The number of guanidine groups is 1. The van der Waals surface area contributed by atoms with Crippen LogP contribution >= 0.6 is 35.6 Å². The molecule has 0 spiro atoms. The molecule has 1 aromatic rings. The van der Waals surface area contributed by atoms with E-state index in [2.05, 4.69) is 24.2 Å². The first kappa shape index (κ1) is 19.3. The van der Waals surface area contributed by atoms with Crippen molar-refractivity contribution >= 4 is 41.5 Å². The Bertz CT molecular complexity index is 413. The van der Waals surface area contributed by atoms with Gasteiger partial charge in [0.1, 0.15) is 12.4 Å². The first-order valence-corrected chi connectivity index (χ1v) is 6.88. The molecule has 1 aromatic carbocycles. The van der Waals surface area contributed by atoms with Crippen LogP contribution in [0, 0.1) is 5.92 Å². The average molecular weight is 412 g/mol. The quantitative estimate of drug-likeness (QED) is 0.313. The lowest BCUT2D eigenvalue weighted by molar-refractivity contribution is 0.322. The van der Waals surface area contributed by atoms with E-state index >= 15 is 0 Å². The van der Waals surface area contributed by atoms with Gasteiger partial charge in [-0.25, -0.2) is 0 Å². The summed E-state index contributed by atoms with van der Waals surface area (Å²) >= 11 is 5.97. The lowest BCUT2D eigenvalue weighted by Crippen LogP contribution is -2.34. The van der Waals surface area contributed by atoms with Gasteiger partial charge in [-0.1, -0.05) is 37.6 Å². The number of rotatable bonds is 7. The van der Waals surface area contributed by atoms with Crippen LogP contribution in [-0.4, -0.2) is 25.7 Å². The van der Waals surface area contributed by atoms with Crippen molar-refractivity contribution in [3.63, 3.8) is 0 Å². The molecular formula is C14H23ClIN3O. The van der Waals surface area contributed by atoms with Crippen molar-refractivity contribution in [2.24, 2.45) is 16.6 Å². The van der Waals surface area contributed by atoms with E-state index in [1.165, 1.54) is 0 Å². The van der Waals surface area contributed by atoms with Gasteiger partial charge in [-0.3, -0.25) is 4.99 Å². The van der Waals surface area contributed by atoms with Gasteiger partial charge in [0.25, 0.3) is 0 Å². The number of hydrogen-bond acceptors (Lipinski definition) is 2. The first-order valence-electron chi connectivity index (χ1n) is 6.50. The van der Waals surface area contributed by atoms with Gasteiger partial charge in [0, 0.05) is 6.54 Å². The van der Waals surface area contributed by atoms with Crippen LogP contribution in [0.2, 0.25) is 5.02 Å². The maximum Gasteiger partial charge on any atom is 0.188 e. The first-order chi connectivity index (χ1) is 9.09. The summed E-state index contributed by atoms with van der Waals surface area (Å²) < 4.78 is 5.52. The minimum Gasteiger partial charge on any atom is -0.490 e. The second kappa shape index (κ2) is 11.0. The van der Waals surface area contributed by atoms with Gasteiger partial charge < -0.3 is 15.8 Å². The molecule has 114 valence electrons. The molecule has 0 unspecified atom stereocenters. The monoisotopic (exact) mass is 411 g/mol. The molecule has 0 aromatic heterocycles. The van der Waals surface area contributed by atoms with Gasteiger partial charge in [-0.05, 0) is 24.5 Å². The van der Waals surface area contributed by atoms with Crippen molar-refractivity contribution in [1.29, 1.82) is 0 Å². The molecule has 0 fully saturated rings. The van der Waals surface area contributed by atoms with Crippen LogP contribution in [0.3, 0.4) is 0 Å². The van der Waals surface area contributed by atoms with Crippen molar-refractivity contribution < 1.29 is 4.74 Å². The Morgan fingerprint density at radius 1 is 1.40 bits per heavy atom. The van der Waals surface area contributed by atoms with E-state index in [9.17, 15) is 0 Å². The number of aliphatic imine (C=N–C) groups is 1. The Kier molecular flexibility index (Phi) is 10.6. The second-order valence-electron chi connectivity index (χ2n) is 4.66. The molecule has 0 radical (unpaired) electrons. The van der Waals surface area contributed by atoms with E-state index in [1.54, 1.807) is 6.07 Å². The third-order valence-corrected chi connectivity index (χ3v) is 2.80. The summed E-state index contributed by atoms with van der Waals surface area (Å²) in [5.41, 5.74) is 5.73. The smallest absolute Gasteiger partial charge is 0.188 e. The van der Waals surface area contributed by atoms with E-state index in [-0.39, 0.29) is 24.0 Å². The number of nitrogens with zero attached hydrogens (tertiary/aromatic N) is 1. The molecule has 20 heavy (non-hydrogen) atoms. The SMILES string of the molecule is CC(C)CCN=C(N)NCCOc1ccccc1Cl.I. The zero-order valence-electron chi connectivity index (χ0n) is 11.9. The molecular weight excluding hydrogens is 389 g/mol. The highest BCUT2D eigenvalue weighted by atomic mass is 127. The zero-order chi connectivity index (χ0) is 14.1. The molecule has 0 aliphatic heterocycles. The maximum absolute atomic E-state index is 5.97. The lowest BCUT2D eigenvalue weighted by Gasteiger charge is -2.09. The summed E-state index contributed by atoms with van der Waals surface area (Å²) in [6.07, 6.45) is 1.04. The number of ether oxygens (including phenoxy) is 1. The molecule has 0 saturated heterocycles. The number of benzene rings is 1. The van der Waals surface area contributed by atoms with Gasteiger partial charge in [0.05, 0.1) is 11.6 Å². The molecule has 0 saturated carbocycles. The Hall–Kier alpha value is -0.690. The van der Waals surface area contributed by atoms with Crippen LogP contribution in [0.1, 0.15) is 20.3 Å². The second-order valence-corrected chi connectivity index (χ2v) is 5.06. The fourth-order valence-electron chi connectivity index (χ4n) is 1.40. The highest BCUT2D eigenvalue weighted by Gasteiger charge is 1.99. The minimum atomic E-state index is 0. The Balaban J connectivity index is 0.00000361. The summed E-state index contributed by atoms with van der Waals surface area (Å²) in [4.78, 5) is 4.23. The Labute approximate surface area is 143 Å². The molecule has 0 aliphatic carbocycles. The molecule has 0 aliphatic rings. The fraction of sp³-hybridized carbons (Fsp3) is 0.500. The normalized spacial score (nSPS) is 11.1. The van der Waals surface area contributed by atoms with Crippen LogP contribution < -0.4 is 15.8 Å². The highest BCUT2D eigenvalue weighted by molar-refractivity contribution is 14.0. The number of nitrogens with one attached hydrogen (secondary N) is 1. The number of halogens is 2. The number of nitrogens with two attached hydrogens (primary N) is 1. The van der Waals surface area contributed by atoms with Crippen LogP contribution in [0.25, 0.3) is 0 Å². The summed E-state index contributed by atoms with van der Waals surface area (Å²) in [6, 6.07) is 7.39. The van der Waals surface area contributed by atoms with Crippen molar-refractivity contribution in [3.05, 3.63) is 29.3 Å². The topological polar surface area (TPSA) is 59.6 Å². The van der Waals surface area contributed by atoms with E-state index < -0.39 is 0 Å². The number of para-hydroxylation sites is 1. The highest BCUT2D eigenvalue weighted by Crippen LogP contribution is 2.22. The molecule has 0 atom stereocenters. The van der Waals surface area contributed by atoms with Gasteiger partial charge in [-0.2, -0.15) is 0 Å². The summed E-state index contributed by atoms with van der Waals surface area (Å²) in [7, 11) is 0.